The molecular weight excluding hydrogens is 250 g/mol. The number of benzene rings is 1. The van der Waals surface area contributed by atoms with E-state index in [1.165, 1.54) is 0 Å². The monoisotopic (exact) mass is 267 g/mol. The molecule has 0 unspecified atom stereocenters. The summed E-state index contributed by atoms with van der Waals surface area (Å²) in [6.07, 6.45) is 4.64. The zero-order valence-electron chi connectivity index (χ0n) is 10.5. The van der Waals surface area contributed by atoms with E-state index in [0.717, 1.165) is 32.1 Å². The summed E-state index contributed by atoms with van der Waals surface area (Å²) < 4.78 is 5.22. The lowest BCUT2D eigenvalue weighted by atomic mass is 9.77. The summed E-state index contributed by atoms with van der Waals surface area (Å²) in [6.45, 7) is 0. The average Bonchev–Trinajstić information content (AvgIpc) is 2.38. The van der Waals surface area contributed by atoms with Crippen molar-refractivity contribution in [3.05, 3.63) is 28.8 Å². The van der Waals surface area contributed by atoms with Crippen LogP contribution in [0.2, 0.25) is 5.02 Å². The van der Waals surface area contributed by atoms with Gasteiger partial charge in [0.25, 0.3) is 0 Å². The molecule has 0 aliphatic heterocycles. The lowest BCUT2D eigenvalue weighted by Gasteiger charge is -2.32. The van der Waals surface area contributed by atoms with Crippen LogP contribution in [0.3, 0.4) is 0 Å². The number of rotatable bonds is 3. The van der Waals surface area contributed by atoms with Crippen LogP contribution < -0.4 is 10.5 Å². The standard InChI is InChI=1S/C14H18ClNO2/c1-18-12-6-5-10(15)9-11(12)13(17)14(16)7-3-2-4-8-14/h5-6,9H,2-4,7-8,16H2,1H3. The first-order chi connectivity index (χ1) is 8.57. The zero-order chi connectivity index (χ0) is 13.2. The highest BCUT2D eigenvalue weighted by atomic mass is 35.5. The van der Waals surface area contributed by atoms with Gasteiger partial charge >= 0.3 is 0 Å². The van der Waals surface area contributed by atoms with Crippen molar-refractivity contribution in [2.45, 2.75) is 37.6 Å². The van der Waals surface area contributed by atoms with Crippen LogP contribution >= 0.6 is 11.6 Å². The SMILES string of the molecule is COc1ccc(Cl)cc1C(=O)C1(N)CCCCC1. The van der Waals surface area contributed by atoms with Gasteiger partial charge in [0.1, 0.15) is 5.75 Å². The number of Topliss-reactive ketones (excluding diaryl/α,β-unsaturated/α-hetero) is 1. The highest BCUT2D eigenvalue weighted by Crippen LogP contribution is 2.33. The Balaban J connectivity index is 2.35. The van der Waals surface area contributed by atoms with Crippen LogP contribution in [-0.4, -0.2) is 18.4 Å². The summed E-state index contributed by atoms with van der Waals surface area (Å²) in [5.41, 5.74) is 6.00. The number of nitrogens with two attached hydrogens (primary N) is 1. The third-order valence-corrected chi connectivity index (χ3v) is 3.84. The number of carbonyl (C=O) groups excluding carboxylic acids is 1. The van der Waals surface area contributed by atoms with Crippen molar-refractivity contribution in [3.63, 3.8) is 0 Å². The minimum atomic E-state index is -0.754. The molecule has 4 heteroatoms. The molecule has 1 aromatic carbocycles. The first-order valence-corrected chi connectivity index (χ1v) is 6.62. The summed E-state index contributed by atoms with van der Waals surface area (Å²) >= 11 is 5.95. The Bertz CT molecular complexity index is 453. The van der Waals surface area contributed by atoms with Crippen molar-refractivity contribution in [2.75, 3.05) is 7.11 Å². The van der Waals surface area contributed by atoms with E-state index in [0.29, 0.717) is 16.3 Å². The Kier molecular flexibility index (Phi) is 3.93. The van der Waals surface area contributed by atoms with E-state index < -0.39 is 5.54 Å². The number of hydrogen-bond acceptors (Lipinski definition) is 3. The Morgan fingerprint density at radius 2 is 2.00 bits per heavy atom. The van der Waals surface area contributed by atoms with Crippen LogP contribution in [0.5, 0.6) is 5.75 Å². The van der Waals surface area contributed by atoms with Gasteiger partial charge in [0.2, 0.25) is 0 Å². The van der Waals surface area contributed by atoms with Crippen LogP contribution in [-0.2, 0) is 0 Å². The maximum atomic E-state index is 12.6. The fourth-order valence-corrected chi connectivity index (χ4v) is 2.71. The van der Waals surface area contributed by atoms with E-state index in [9.17, 15) is 4.79 Å². The van der Waals surface area contributed by atoms with Gasteiger partial charge in [-0.1, -0.05) is 30.9 Å². The van der Waals surface area contributed by atoms with Crippen molar-refractivity contribution in [1.29, 1.82) is 0 Å². The Hall–Kier alpha value is -1.06. The molecule has 1 aliphatic carbocycles. The third kappa shape index (κ3) is 2.52. The largest absolute Gasteiger partial charge is 0.496 e. The predicted molar refractivity (Wildman–Crippen MR) is 72.3 cm³/mol. The second-order valence-electron chi connectivity index (χ2n) is 4.89. The van der Waals surface area contributed by atoms with Crippen LogP contribution in [0, 0.1) is 0 Å². The molecule has 0 spiro atoms. The molecule has 0 saturated heterocycles. The number of ether oxygens (including phenoxy) is 1. The molecule has 0 radical (unpaired) electrons. The predicted octanol–water partition coefficient (Wildman–Crippen LogP) is 3.19. The molecule has 0 amide bonds. The molecule has 18 heavy (non-hydrogen) atoms. The van der Waals surface area contributed by atoms with E-state index in [1.807, 2.05) is 0 Å². The first kappa shape index (κ1) is 13.4. The molecule has 98 valence electrons. The number of halogens is 1. The number of methoxy groups -OCH3 is 1. The molecule has 0 heterocycles. The molecule has 1 aromatic rings. The van der Waals surface area contributed by atoms with Gasteiger partial charge in [-0.3, -0.25) is 4.79 Å². The molecule has 2 N–H and O–H groups in total. The zero-order valence-corrected chi connectivity index (χ0v) is 11.3. The van der Waals surface area contributed by atoms with Gasteiger partial charge in [-0.05, 0) is 31.0 Å². The van der Waals surface area contributed by atoms with E-state index in [4.69, 9.17) is 22.1 Å². The van der Waals surface area contributed by atoms with E-state index >= 15 is 0 Å². The number of ketones is 1. The van der Waals surface area contributed by atoms with Crippen LogP contribution in [0.25, 0.3) is 0 Å². The maximum Gasteiger partial charge on any atom is 0.186 e. The quantitative estimate of drug-likeness (QED) is 0.856. The van der Waals surface area contributed by atoms with Crippen molar-refractivity contribution in [2.24, 2.45) is 5.73 Å². The Morgan fingerprint density at radius 3 is 2.61 bits per heavy atom. The molecule has 3 nitrogen and oxygen atoms in total. The molecule has 0 atom stereocenters. The average molecular weight is 268 g/mol. The second-order valence-corrected chi connectivity index (χ2v) is 5.33. The fraction of sp³-hybridized carbons (Fsp3) is 0.500. The smallest absolute Gasteiger partial charge is 0.186 e. The summed E-state index contributed by atoms with van der Waals surface area (Å²) in [7, 11) is 1.55. The van der Waals surface area contributed by atoms with Gasteiger partial charge in [-0.25, -0.2) is 0 Å². The highest BCUT2D eigenvalue weighted by molar-refractivity contribution is 6.31. The van der Waals surface area contributed by atoms with Gasteiger partial charge in [-0.15, -0.1) is 0 Å². The Labute approximate surface area is 112 Å². The molecule has 0 bridgehead atoms. The van der Waals surface area contributed by atoms with Gasteiger partial charge in [0.05, 0.1) is 18.2 Å². The molecular formula is C14H18ClNO2. The molecule has 1 fully saturated rings. The van der Waals surface area contributed by atoms with Crippen molar-refractivity contribution < 1.29 is 9.53 Å². The van der Waals surface area contributed by atoms with E-state index in [2.05, 4.69) is 0 Å². The minimum Gasteiger partial charge on any atom is -0.496 e. The topological polar surface area (TPSA) is 52.3 Å². The molecule has 2 rings (SSSR count). The van der Waals surface area contributed by atoms with Gasteiger partial charge in [0.15, 0.2) is 5.78 Å². The summed E-state index contributed by atoms with van der Waals surface area (Å²) in [5, 5.41) is 0.526. The third-order valence-electron chi connectivity index (χ3n) is 3.60. The minimum absolute atomic E-state index is 0.0541. The first-order valence-electron chi connectivity index (χ1n) is 6.24. The van der Waals surface area contributed by atoms with Crippen LogP contribution in [0.15, 0.2) is 18.2 Å². The van der Waals surface area contributed by atoms with Gasteiger partial charge in [0, 0.05) is 5.02 Å². The number of hydrogen-bond donors (Lipinski definition) is 1. The highest BCUT2D eigenvalue weighted by Gasteiger charge is 2.37. The lowest BCUT2D eigenvalue weighted by molar-refractivity contribution is 0.0844. The molecule has 1 aliphatic rings. The van der Waals surface area contributed by atoms with Crippen molar-refractivity contribution >= 4 is 17.4 Å². The summed E-state index contributed by atoms with van der Waals surface area (Å²) in [4.78, 5) is 12.6. The Morgan fingerprint density at radius 1 is 1.33 bits per heavy atom. The van der Waals surface area contributed by atoms with Crippen LogP contribution in [0.1, 0.15) is 42.5 Å². The normalized spacial score (nSPS) is 18.4. The van der Waals surface area contributed by atoms with Crippen molar-refractivity contribution in [3.8, 4) is 5.75 Å². The van der Waals surface area contributed by atoms with E-state index in [1.54, 1.807) is 25.3 Å². The molecule has 0 aromatic heterocycles. The van der Waals surface area contributed by atoms with Gasteiger partial charge in [-0.2, -0.15) is 0 Å². The molecule has 1 saturated carbocycles. The maximum absolute atomic E-state index is 12.6. The number of carbonyl (C=O) groups is 1. The fourth-order valence-electron chi connectivity index (χ4n) is 2.54. The lowest BCUT2D eigenvalue weighted by Crippen LogP contribution is -2.49. The van der Waals surface area contributed by atoms with Crippen molar-refractivity contribution in [1.82, 2.24) is 0 Å². The second kappa shape index (κ2) is 5.29. The van der Waals surface area contributed by atoms with E-state index in [-0.39, 0.29) is 5.78 Å². The summed E-state index contributed by atoms with van der Waals surface area (Å²) in [5.74, 6) is 0.487. The van der Waals surface area contributed by atoms with Crippen LogP contribution in [0.4, 0.5) is 0 Å². The van der Waals surface area contributed by atoms with Gasteiger partial charge < -0.3 is 10.5 Å². The summed E-state index contributed by atoms with van der Waals surface area (Å²) in [6, 6.07) is 5.06.